The second-order valence-corrected chi connectivity index (χ2v) is 3.90. The molecule has 0 fully saturated rings. The molecule has 19 heavy (non-hydrogen) atoms. The van der Waals surface area contributed by atoms with E-state index in [2.05, 4.69) is 5.32 Å². The first-order chi connectivity index (χ1) is 9.17. The number of carbonyl (C=O) groups is 1. The first-order valence-corrected chi connectivity index (χ1v) is 5.88. The van der Waals surface area contributed by atoms with Gasteiger partial charge in [-0.25, -0.2) is 0 Å². The van der Waals surface area contributed by atoms with Gasteiger partial charge in [-0.05, 0) is 12.1 Å². The zero-order chi connectivity index (χ0) is 14.3. The Morgan fingerprint density at radius 3 is 2.26 bits per heavy atom. The molecular formula is C13H20N2O4. The van der Waals surface area contributed by atoms with E-state index < -0.39 is 0 Å². The molecule has 1 unspecified atom stereocenters. The summed E-state index contributed by atoms with van der Waals surface area (Å²) in [4.78, 5) is 12.3. The molecular weight excluding hydrogens is 248 g/mol. The van der Waals surface area contributed by atoms with E-state index in [1.807, 2.05) is 0 Å². The first-order valence-electron chi connectivity index (χ1n) is 5.88. The van der Waals surface area contributed by atoms with Gasteiger partial charge in [0.25, 0.3) is 5.91 Å². The lowest BCUT2D eigenvalue weighted by Crippen LogP contribution is -2.43. The minimum Gasteiger partial charge on any atom is -0.496 e. The van der Waals surface area contributed by atoms with Crippen molar-refractivity contribution in [2.75, 3.05) is 34.5 Å². The molecule has 1 atom stereocenters. The van der Waals surface area contributed by atoms with Crippen molar-refractivity contribution in [3.05, 3.63) is 23.8 Å². The van der Waals surface area contributed by atoms with Gasteiger partial charge in [-0.15, -0.1) is 0 Å². The van der Waals surface area contributed by atoms with Crippen molar-refractivity contribution < 1.29 is 19.0 Å². The monoisotopic (exact) mass is 268 g/mol. The summed E-state index contributed by atoms with van der Waals surface area (Å²) in [5.41, 5.74) is 5.92. The molecule has 0 aliphatic rings. The quantitative estimate of drug-likeness (QED) is 0.748. The van der Waals surface area contributed by atoms with Crippen LogP contribution in [0.1, 0.15) is 10.4 Å². The van der Waals surface area contributed by atoms with E-state index in [4.69, 9.17) is 19.9 Å². The van der Waals surface area contributed by atoms with E-state index >= 15 is 0 Å². The van der Waals surface area contributed by atoms with Crippen LogP contribution >= 0.6 is 0 Å². The minimum absolute atomic E-state index is 0.257. The number of amides is 1. The number of benzene rings is 1. The molecule has 1 aromatic rings. The van der Waals surface area contributed by atoms with Crippen molar-refractivity contribution in [2.24, 2.45) is 5.73 Å². The molecule has 0 aliphatic heterocycles. The smallest absolute Gasteiger partial charge is 0.259 e. The molecule has 6 nitrogen and oxygen atoms in total. The molecule has 1 amide bonds. The second kappa shape index (κ2) is 7.60. The highest BCUT2D eigenvalue weighted by Gasteiger charge is 2.20. The lowest BCUT2D eigenvalue weighted by molar-refractivity contribution is 0.0894. The maximum atomic E-state index is 12.3. The number of hydrogen-bond acceptors (Lipinski definition) is 5. The summed E-state index contributed by atoms with van der Waals surface area (Å²) in [7, 11) is 4.56. The number of ether oxygens (including phenoxy) is 3. The fourth-order valence-electron chi connectivity index (χ4n) is 1.70. The third-order valence-electron chi connectivity index (χ3n) is 2.64. The summed E-state index contributed by atoms with van der Waals surface area (Å²) in [6.07, 6.45) is 0. The topological polar surface area (TPSA) is 82.8 Å². The summed E-state index contributed by atoms with van der Waals surface area (Å²) >= 11 is 0. The summed E-state index contributed by atoms with van der Waals surface area (Å²) < 4.78 is 15.3. The second-order valence-electron chi connectivity index (χ2n) is 3.90. The van der Waals surface area contributed by atoms with Crippen LogP contribution in [0.15, 0.2) is 18.2 Å². The van der Waals surface area contributed by atoms with Crippen molar-refractivity contribution in [1.29, 1.82) is 0 Å². The summed E-state index contributed by atoms with van der Waals surface area (Å²) in [6, 6.07) is 4.90. The molecule has 0 spiro atoms. The molecule has 0 heterocycles. The number of hydrogen-bond donors (Lipinski definition) is 2. The van der Waals surface area contributed by atoms with Crippen LogP contribution in [0.2, 0.25) is 0 Å². The van der Waals surface area contributed by atoms with E-state index in [9.17, 15) is 4.79 Å². The van der Waals surface area contributed by atoms with Gasteiger partial charge >= 0.3 is 0 Å². The summed E-state index contributed by atoms with van der Waals surface area (Å²) in [5.74, 6) is 0.594. The van der Waals surface area contributed by atoms with Crippen LogP contribution in [-0.4, -0.2) is 46.4 Å². The van der Waals surface area contributed by atoms with Gasteiger partial charge < -0.3 is 25.3 Å². The number of nitrogens with one attached hydrogen (secondary N) is 1. The molecule has 106 valence electrons. The normalized spacial score (nSPS) is 11.8. The van der Waals surface area contributed by atoms with Crippen LogP contribution in [0, 0.1) is 0 Å². The minimum atomic E-state index is -0.304. The van der Waals surface area contributed by atoms with E-state index in [-0.39, 0.29) is 18.5 Å². The van der Waals surface area contributed by atoms with E-state index in [1.54, 1.807) is 25.3 Å². The molecule has 3 N–H and O–H groups in total. The Balaban J connectivity index is 2.97. The molecule has 0 bridgehead atoms. The largest absolute Gasteiger partial charge is 0.496 e. The van der Waals surface area contributed by atoms with Gasteiger partial charge in [-0.3, -0.25) is 4.79 Å². The number of nitrogens with two attached hydrogens (primary N) is 1. The van der Waals surface area contributed by atoms with Crippen LogP contribution in [0.25, 0.3) is 0 Å². The van der Waals surface area contributed by atoms with Crippen molar-refractivity contribution in [3.63, 3.8) is 0 Å². The molecule has 1 aromatic carbocycles. The van der Waals surface area contributed by atoms with E-state index in [0.717, 1.165) is 0 Å². The van der Waals surface area contributed by atoms with Crippen molar-refractivity contribution in [2.45, 2.75) is 6.04 Å². The zero-order valence-electron chi connectivity index (χ0n) is 11.4. The highest BCUT2D eigenvalue weighted by atomic mass is 16.5. The van der Waals surface area contributed by atoms with Gasteiger partial charge in [0.1, 0.15) is 17.1 Å². The highest BCUT2D eigenvalue weighted by molar-refractivity contribution is 5.99. The van der Waals surface area contributed by atoms with Gasteiger partial charge in [-0.1, -0.05) is 6.07 Å². The first kappa shape index (κ1) is 15.3. The number of methoxy groups -OCH3 is 3. The van der Waals surface area contributed by atoms with Crippen LogP contribution in [0.4, 0.5) is 0 Å². The average molecular weight is 268 g/mol. The van der Waals surface area contributed by atoms with Crippen LogP contribution < -0.4 is 20.5 Å². The van der Waals surface area contributed by atoms with Gasteiger partial charge in [0.2, 0.25) is 0 Å². The lowest BCUT2D eigenvalue weighted by Gasteiger charge is -2.18. The lowest BCUT2D eigenvalue weighted by atomic mass is 10.1. The Morgan fingerprint density at radius 1 is 1.26 bits per heavy atom. The Morgan fingerprint density at radius 2 is 1.84 bits per heavy atom. The van der Waals surface area contributed by atoms with Crippen molar-refractivity contribution in [3.8, 4) is 11.5 Å². The molecule has 0 saturated heterocycles. The van der Waals surface area contributed by atoms with E-state index in [0.29, 0.717) is 23.7 Å². The maximum absolute atomic E-state index is 12.3. The van der Waals surface area contributed by atoms with Crippen LogP contribution in [0.3, 0.4) is 0 Å². The third-order valence-corrected chi connectivity index (χ3v) is 2.64. The van der Waals surface area contributed by atoms with Gasteiger partial charge in [0.15, 0.2) is 0 Å². The number of carbonyl (C=O) groups excluding carboxylic acids is 1. The SMILES string of the molecule is COCC(CN)NC(=O)c1c(OC)cccc1OC. The fraction of sp³-hybridized carbons (Fsp3) is 0.462. The summed E-state index contributed by atoms with van der Waals surface area (Å²) in [5, 5.41) is 2.78. The van der Waals surface area contributed by atoms with E-state index in [1.165, 1.54) is 14.2 Å². The standard InChI is InChI=1S/C13H20N2O4/c1-17-8-9(7-14)15-13(16)12-10(18-2)5-4-6-11(12)19-3/h4-6,9H,7-8,14H2,1-3H3,(H,15,16). The molecule has 6 heteroatoms. The van der Waals surface area contributed by atoms with Gasteiger partial charge in [0.05, 0.1) is 26.9 Å². The van der Waals surface area contributed by atoms with Crippen LogP contribution in [-0.2, 0) is 4.74 Å². The Bertz CT molecular complexity index is 401. The van der Waals surface area contributed by atoms with Crippen LogP contribution in [0.5, 0.6) is 11.5 Å². The Labute approximate surface area is 112 Å². The zero-order valence-corrected chi connectivity index (χ0v) is 11.4. The van der Waals surface area contributed by atoms with Gasteiger partial charge in [-0.2, -0.15) is 0 Å². The van der Waals surface area contributed by atoms with Crippen molar-refractivity contribution >= 4 is 5.91 Å². The predicted molar refractivity (Wildman–Crippen MR) is 71.7 cm³/mol. The predicted octanol–water partition coefficient (Wildman–Crippen LogP) is 0.407. The molecule has 1 rings (SSSR count). The average Bonchev–Trinajstić information content (AvgIpc) is 2.45. The third kappa shape index (κ3) is 3.84. The van der Waals surface area contributed by atoms with Gasteiger partial charge in [0, 0.05) is 13.7 Å². The molecule has 0 saturated carbocycles. The highest BCUT2D eigenvalue weighted by Crippen LogP contribution is 2.27. The fourth-order valence-corrected chi connectivity index (χ4v) is 1.70. The molecule has 0 aliphatic carbocycles. The Hall–Kier alpha value is -1.79. The Kier molecular flexibility index (Phi) is 6.11. The molecule has 0 aromatic heterocycles. The summed E-state index contributed by atoms with van der Waals surface area (Å²) in [6.45, 7) is 0.636. The maximum Gasteiger partial charge on any atom is 0.259 e. The molecule has 0 radical (unpaired) electrons. The number of rotatable bonds is 7. The van der Waals surface area contributed by atoms with Crippen molar-refractivity contribution in [1.82, 2.24) is 5.32 Å².